The van der Waals surface area contributed by atoms with Crippen LogP contribution >= 0.6 is 35.3 Å². The summed E-state index contributed by atoms with van der Waals surface area (Å²) >= 11 is 7.89. The lowest BCUT2D eigenvalue weighted by Gasteiger charge is -2.29. The van der Waals surface area contributed by atoms with Crippen molar-refractivity contribution in [2.24, 2.45) is 0 Å². The highest BCUT2D eigenvalue weighted by Gasteiger charge is 2.26. The van der Waals surface area contributed by atoms with Gasteiger partial charge in [-0.2, -0.15) is 5.10 Å². The third-order valence-corrected chi connectivity index (χ3v) is 7.07. The average Bonchev–Trinajstić information content (AvgIpc) is 3.37. The fourth-order valence-electron chi connectivity index (χ4n) is 3.81. The molecule has 1 aliphatic rings. The Morgan fingerprint density at radius 1 is 1.28 bits per heavy atom. The van der Waals surface area contributed by atoms with Crippen molar-refractivity contribution in [3.8, 4) is 0 Å². The first-order chi connectivity index (χ1) is 14.8. The molecule has 0 spiro atoms. The number of morpholine rings is 1. The molecule has 0 N–H and O–H groups in total. The molecule has 1 amide bonds. The third kappa shape index (κ3) is 5.10. The number of anilines is 1. The number of hydrogen-bond donors (Lipinski definition) is 0. The number of nitrogens with zero attached hydrogens (tertiary/aromatic N) is 5. The summed E-state index contributed by atoms with van der Waals surface area (Å²) < 4.78 is 8.24. The molecule has 0 atom stereocenters. The van der Waals surface area contributed by atoms with Crippen LogP contribution in [0.1, 0.15) is 41.6 Å². The van der Waals surface area contributed by atoms with Gasteiger partial charge < -0.3 is 4.74 Å². The van der Waals surface area contributed by atoms with Gasteiger partial charge in [-0.3, -0.25) is 19.3 Å². The van der Waals surface area contributed by atoms with Crippen LogP contribution in [0.5, 0.6) is 0 Å². The number of aryl methyl sites for hydroxylation is 2. The second-order valence-electron chi connectivity index (χ2n) is 8.16. The summed E-state index contributed by atoms with van der Waals surface area (Å²) in [5.74, 6) is -0.136. The van der Waals surface area contributed by atoms with Gasteiger partial charge in [0.2, 0.25) is 0 Å². The summed E-state index contributed by atoms with van der Waals surface area (Å²) in [7, 11) is 0. The van der Waals surface area contributed by atoms with Gasteiger partial charge in [-0.15, -0.1) is 12.4 Å². The summed E-state index contributed by atoms with van der Waals surface area (Å²) in [5, 5.41) is 5.89. The minimum absolute atomic E-state index is 0. The molecule has 3 aromatic rings. The molecule has 174 valence electrons. The van der Waals surface area contributed by atoms with Crippen LogP contribution in [0, 0.1) is 13.8 Å². The van der Waals surface area contributed by atoms with E-state index in [9.17, 15) is 4.79 Å². The zero-order chi connectivity index (χ0) is 22.1. The van der Waals surface area contributed by atoms with Crippen molar-refractivity contribution in [2.75, 3.05) is 44.3 Å². The van der Waals surface area contributed by atoms with E-state index in [0.29, 0.717) is 22.4 Å². The van der Waals surface area contributed by atoms with Crippen molar-refractivity contribution in [2.45, 2.75) is 33.7 Å². The number of hydrogen-bond acceptors (Lipinski definition) is 6. The van der Waals surface area contributed by atoms with Gasteiger partial charge in [0.05, 0.1) is 28.5 Å². The first-order valence-corrected chi connectivity index (χ1v) is 11.8. The molecule has 3 heterocycles. The van der Waals surface area contributed by atoms with E-state index in [1.165, 1.54) is 11.3 Å². The monoisotopic (exact) mass is 497 g/mol. The van der Waals surface area contributed by atoms with E-state index in [1.807, 2.05) is 36.7 Å². The lowest BCUT2D eigenvalue weighted by Crippen LogP contribution is -2.43. The summed E-state index contributed by atoms with van der Waals surface area (Å²) in [6.45, 7) is 12.6. The maximum absolute atomic E-state index is 13.6. The van der Waals surface area contributed by atoms with E-state index in [2.05, 4.69) is 23.8 Å². The molecule has 0 unspecified atom stereocenters. The van der Waals surface area contributed by atoms with Crippen LogP contribution < -0.4 is 4.90 Å². The number of aromatic nitrogens is 3. The van der Waals surface area contributed by atoms with Crippen molar-refractivity contribution in [1.82, 2.24) is 19.7 Å². The highest BCUT2D eigenvalue weighted by molar-refractivity contribution is 7.23. The number of benzene rings is 1. The Labute approximate surface area is 203 Å². The molecule has 0 saturated carbocycles. The Morgan fingerprint density at radius 3 is 2.62 bits per heavy atom. The fourth-order valence-corrected chi connectivity index (χ4v) is 5.15. The van der Waals surface area contributed by atoms with E-state index < -0.39 is 0 Å². The van der Waals surface area contributed by atoms with Crippen LogP contribution in [0.4, 0.5) is 5.13 Å². The molecule has 32 heavy (non-hydrogen) atoms. The molecule has 0 aliphatic carbocycles. The summed E-state index contributed by atoms with van der Waals surface area (Å²) in [4.78, 5) is 22.5. The van der Waals surface area contributed by atoms with Gasteiger partial charge in [-0.05, 0) is 45.4 Å². The van der Waals surface area contributed by atoms with E-state index in [1.54, 1.807) is 4.90 Å². The van der Waals surface area contributed by atoms with E-state index >= 15 is 0 Å². The Hall–Kier alpha value is -1.71. The maximum Gasteiger partial charge on any atom is 0.280 e. The van der Waals surface area contributed by atoms with Crippen LogP contribution in [-0.2, 0) is 4.74 Å². The van der Waals surface area contributed by atoms with E-state index in [4.69, 9.17) is 21.3 Å². The maximum atomic E-state index is 13.6. The highest BCUT2D eigenvalue weighted by atomic mass is 35.5. The van der Waals surface area contributed by atoms with Gasteiger partial charge in [0.25, 0.3) is 5.91 Å². The van der Waals surface area contributed by atoms with Gasteiger partial charge >= 0.3 is 0 Å². The van der Waals surface area contributed by atoms with Gasteiger partial charge in [0.15, 0.2) is 10.8 Å². The minimum Gasteiger partial charge on any atom is -0.379 e. The number of halogens is 2. The first kappa shape index (κ1) is 24.9. The van der Waals surface area contributed by atoms with Crippen molar-refractivity contribution < 1.29 is 9.53 Å². The van der Waals surface area contributed by atoms with Crippen LogP contribution in [0.15, 0.2) is 18.2 Å². The Morgan fingerprint density at radius 2 is 2.00 bits per heavy atom. The number of fused-ring (bicyclic) bond motifs is 1. The smallest absolute Gasteiger partial charge is 0.280 e. The lowest BCUT2D eigenvalue weighted by atomic mass is 10.2. The molecule has 1 saturated heterocycles. The molecule has 10 heteroatoms. The molecule has 4 rings (SSSR count). The van der Waals surface area contributed by atoms with Crippen LogP contribution in [0.2, 0.25) is 5.02 Å². The molecule has 0 bridgehead atoms. The summed E-state index contributed by atoms with van der Waals surface area (Å²) in [6.07, 6.45) is 0. The van der Waals surface area contributed by atoms with E-state index in [-0.39, 0.29) is 24.4 Å². The molecular formula is C22H29Cl2N5O2S. The fraction of sp³-hybridized carbons (Fsp3) is 0.500. The van der Waals surface area contributed by atoms with Gasteiger partial charge in [-0.25, -0.2) is 4.98 Å². The highest BCUT2D eigenvalue weighted by Crippen LogP contribution is 2.36. The largest absolute Gasteiger partial charge is 0.379 e. The van der Waals surface area contributed by atoms with E-state index in [0.717, 1.165) is 54.3 Å². The topological polar surface area (TPSA) is 63.5 Å². The second-order valence-corrected chi connectivity index (χ2v) is 9.54. The SMILES string of the molecule is Cc1ccc(Cl)c2sc(N(CCN3CCOCC3)C(=O)c3cc(C)n(C(C)C)n3)nc12.Cl. The average molecular weight is 498 g/mol. The van der Waals surface area contributed by atoms with Crippen LogP contribution in [-0.4, -0.2) is 65.0 Å². The van der Waals surface area contributed by atoms with Crippen LogP contribution in [0.25, 0.3) is 10.2 Å². The predicted molar refractivity (Wildman–Crippen MR) is 133 cm³/mol. The second kappa shape index (κ2) is 10.5. The summed E-state index contributed by atoms with van der Waals surface area (Å²) in [5.41, 5.74) is 3.30. The molecular weight excluding hydrogens is 469 g/mol. The van der Waals surface area contributed by atoms with Gasteiger partial charge in [0.1, 0.15) is 0 Å². The molecule has 0 radical (unpaired) electrons. The van der Waals surface area contributed by atoms with Crippen molar-refractivity contribution >= 4 is 56.6 Å². The van der Waals surface area contributed by atoms with Crippen molar-refractivity contribution in [1.29, 1.82) is 0 Å². The molecule has 1 aromatic carbocycles. The standard InChI is InChI=1S/C22H28ClN5O2S.ClH/c1-14(2)28-16(4)13-18(25-28)21(29)27(8-7-26-9-11-30-12-10-26)22-24-19-15(3)5-6-17(23)20(19)31-22;/h5-6,13-14H,7-12H2,1-4H3;1H. The third-order valence-electron chi connectivity index (χ3n) is 5.54. The molecule has 1 fully saturated rings. The Kier molecular flexibility index (Phi) is 8.16. The van der Waals surface area contributed by atoms with Crippen molar-refractivity contribution in [3.63, 3.8) is 0 Å². The molecule has 1 aliphatic heterocycles. The first-order valence-electron chi connectivity index (χ1n) is 10.6. The lowest BCUT2D eigenvalue weighted by molar-refractivity contribution is 0.0391. The zero-order valence-electron chi connectivity index (χ0n) is 18.8. The zero-order valence-corrected chi connectivity index (χ0v) is 21.2. The molecule has 7 nitrogen and oxygen atoms in total. The number of carbonyl (C=O) groups is 1. The molecule has 2 aromatic heterocycles. The minimum atomic E-state index is -0.136. The number of rotatable bonds is 6. The number of ether oxygens (including phenoxy) is 1. The normalized spacial score (nSPS) is 14.7. The number of amides is 1. The van der Waals surface area contributed by atoms with Crippen LogP contribution in [0.3, 0.4) is 0 Å². The Balaban J connectivity index is 0.00000289. The van der Waals surface area contributed by atoms with Gasteiger partial charge in [-0.1, -0.05) is 29.0 Å². The quantitative estimate of drug-likeness (QED) is 0.491. The van der Waals surface area contributed by atoms with Gasteiger partial charge in [0, 0.05) is 37.9 Å². The van der Waals surface area contributed by atoms with Crippen molar-refractivity contribution in [3.05, 3.63) is 40.2 Å². The Bertz CT molecular complexity index is 1050. The number of carbonyl (C=O) groups excluding carboxylic acids is 1. The number of thiazole rings is 1. The predicted octanol–water partition coefficient (Wildman–Crippen LogP) is 4.74. The summed E-state index contributed by atoms with van der Waals surface area (Å²) in [6, 6.07) is 5.89.